The van der Waals surface area contributed by atoms with Gasteiger partial charge in [-0.2, -0.15) is 0 Å². The van der Waals surface area contributed by atoms with E-state index in [4.69, 9.17) is 5.11 Å². The molecule has 0 bridgehead atoms. The van der Waals surface area contributed by atoms with Crippen molar-refractivity contribution in [2.24, 2.45) is 11.8 Å². The predicted molar refractivity (Wildman–Crippen MR) is 97.1 cm³/mol. The number of aliphatic hydroxyl groups is 2. The molecule has 3 N–H and O–H groups in total. The van der Waals surface area contributed by atoms with Gasteiger partial charge in [-0.15, -0.1) is 0 Å². The molecule has 0 radical (unpaired) electrons. The summed E-state index contributed by atoms with van der Waals surface area (Å²) in [7, 11) is 0. The summed E-state index contributed by atoms with van der Waals surface area (Å²) >= 11 is 0. The first kappa shape index (κ1) is 21.6. The third-order valence-electron chi connectivity index (χ3n) is 4.72. The van der Waals surface area contributed by atoms with Crippen LogP contribution in [0.25, 0.3) is 0 Å². The lowest BCUT2D eigenvalue weighted by Crippen LogP contribution is -2.19. The number of carboxylic acids is 1. The zero-order chi connectivity index (χ0) is 18.7. The highest BCUT2D eigenvalue weighted by atomic mass is 16.4. The molecule has 0 unspecified atom stereocenters. The third-order valence-corrected chi connectivity index (χ3v) is 4.72. The van der Waals surface area contributed by atoms with E-state index in [0.29, 0.717) is 25.7 Å². The van der Waals surface area contributed by atoms with E-state index in [1.54, 1.807) is 12.2 Å². The summed E-state index contributed by atoms with van der Waals surface area (Å²) < 4.78 is 0. The molecular weight excluding hydrogens is 320 g/mol. The van der Waals surface area contributed by atoms with Crippen LogP contribution in [0.15, 0.2) is 24.3 Å². The Balaban J connectivity index is 2.48. The van der Waals surface area contributed by atoms with Gasteiger partial charge in [0.05, 0.1) is 12.2 Å². The molecular formula is C20H32O5. The molecule has 0 saturated heterocycles. The molecule has 0 heterocycles. The van der Waals surface area contributed by atoms with Crippen molar-refractivity contribution in [1.82, 2.24) is 0 Å². The van der Waals surface area contributed by atoms with Gasteiger partial charge in [-0.3, -0.25) is 9.59 Å². The zero-order valence-corrected chi connectivity index (χ0v) is 15.1. The third kappa shape index (κ3) is 8.45. The van der Waals surface area contributed by atoms with Gasteiger partial charge in [0.25, 0.3) is 0 Å². The van der Waals surface area contributed by atoms with Crippen molar-refractivity contribution in [2.45, 2.75) is 76.9 Å². The van der Waals surface area contributed by atoms with Crippen LogP contribution in [-0.2, 0) is 9.59 Å². The van der Waals surface area contributed by atoms with Crippen LogP contribution >= 0.6 is 0 Å². The molecule has 5 heteroatoms. The maximum atomic E-state index is 12.1. The molecule has 0 aromatic carbocycles. The Hall–Kier alpha value is -1.46. The lowest BCUT2D eigenvalue weighted by Gasteiger charge is -2.17. The van der Waals surface area contributed by atoms with Gasteiger partial charge in [0.1, 0.15) is 5.78 Å². The molecule has 1 saturated carbocycles. The number of ketones is 1. The van der Waals surface area contributed by atoms with E-state index in [0.717, 1.165) is 19.3 Å². The number of Topliss-reactive ketones (excluding diaryl/α,β-unsaturated/α-hetero) is 1. The summed E-state index contributed by atoms with van der Waals surface area (Å²) in [5, 5.41) is 28.7. The monoisotopic (exact) mass is 352 g/mol. The summed E-state index contributed by atoms with van der Waals surface area (Å²) in [6.07, 6.45) is 12.1. The van der Waals surface area contributed by atoms with Crippen molar-refractivity contribution in [3.63, 3.8) is 0 Å². The van der Waals surface area contributed by atoms with Crippen LogP contribution in [0.3, 0.4) is 0 Å². The summed E-state index contributed by atoms with van der Waals surface area (Å²) in [5.74, 6) is -1.29. The molecule has 0 aromatic heterocycles. The highest BCUT2D eigenvalue weighted by molar-refractivity contribution is 5.86. The van der Waals surface area contributed by atoms with E-state index < -0.39 is 18.2 Å². The predicted octanol–water partition coefficient (Wildman–Crippen LogP) is 3.25. The van der Waals surface area contributed by atoms with Crippen molar-refractivity contribution in [2.75, 3.05) is 0 Å². The van der Waals surface area contributed by atoms with Gasteiger partial charge < -0.3 is 15.3 Å². The van der Waals surface area contributed by atoms with Gasteiger partial charge >= 0.3 is 5.97 Å². The standard InChI is InChI=1S/C20H32O5/c1-2-3-6-9-15(21)12-13-17-16(18(22)14-19(17)23)10-7-4-5-8-11-20(24)25/h4,7,12-13,15-18,21-22H,2-3,5-6,8-11,14H2,1H3,(H,24,25)/b7-4-,13-12+/t15-,16-,17+,18-/m1/s1. The highest BCUT2D eigenvalue weighted by Gasteiger charge is 2.39. The molecule has 1 aliphatic carbocycles. The summed E-state index contributed by atoms with van der Waals surface area (Å²) in [6, 6.07) is 0. The normalized spacial score (nSPS) is 25.2. The quantitative estimate of drug-likeness (QED) is 0.370. The number of carboxylic acid groups (broad SMARTS) is 1. The second kappa shape index (κ2) is 12.0. The molecule has 142 valence electrons. The first-order valence-electron chi connectivity index (χ1n) is 9.39. The Labute approximate surface area is 150 Å². The molecule has 1 rings (SSSR count). The number of aliphatic carboxylic acids is 1. The molecule has 0 spiro atoms. The topological polar surface area (TPSA) is 94.8 Å². The van der Waals surface area contributed by atoms with Crippen LogP contribution in [0.1, 0.15) is 64.7 Å². The van der Waals surface area contributed by atoms with Crippen molar-refractivity contribution in [3.8, 4) is 0 Å². The molecule has 0 amide bonds. The van der Waals surface area contributed by atoms with Crippen LogP contribution < -0.4 is 0 Å². The van der Waals surface area contributed by atoms with Crippen LogP contribution in [0.4, 0.5) is 0 Å². The largest absolute Gasteiger partial charge is 0.481 e. The number of rotatable bonds is 12. The van der Waals surface area contributed by atoms with Crippen LogP contribution in [0, 0.1) is 11.8 Å². The molecule has 0 aliphatic heterocycles. The van der Waals surface area contributed by atoms with E-state index in [1.165, 1.54) is 0 Å². The summed E-state index contributed by atoms with van der Waals surface area (Å²) in [6.45, 7) is 2.11. The average Bonchev–Trinajstić information content (AvgIpc) is 2.82. The fraction of sp³-hybridized carbons (Fsp3) is 0.700. The van der Waals surface area contributed by atoms with E-state index in [9.17, 15) is 19.8 Å². The number of hydrogen-bond acceptors (Lipinski definition) is 4. The van der Waals surface area contributed by atoms with E-state index >= 15 is 0 Å². The first-order chi connectivity index (χ1) is 12.0. The number of unbranched alkanes of at least 4 members (excludes halogenated alkanes) is 3. The minimum atomic E-state index is -0.798. The fourth-order valence-corrected chi connectivity index (χ4v) is 3.22. The number of carbonyl (C=O) groups excluding carboxylic acids is 1. The average molecular weight is 352 g/mol. The molecule has 5 nitrogen and oxygen atoms in total. The van der Waals surface area contributed by atoms with E-state index in [-0.39, 0.29) is 30.5 Å². The first-order valence-corrected chi connectivity index (χ1v) is 9.39. The van der Waals surface area contributed by atoms with Gasteiger partial charge in [-0.1, -0.05) is 50.5 Å². The Morgan fingerprint density at radius 1 is 1.28 bits per heavy atom. The lowest BCUT2D eigenvalue weighted by atomic mass is 9.90. The Bertz CT molecular complexity index is 469. The molecule has 1 fully saturated rings. The molecule has 4 atom stereocenters. The second-order valence-corrected chi connectivity index (χ2v) is 6.87. The van der Waals surface area contributed by atoms with Gasteiger partial charge in [-0.25, -0.2) is 0 Å². The van der Waals surface area contributed by atoms with Crippen molar-refractivity contribution >= 4 is 11.8 Å². The van der Waals surface area contributed by atoms with Gasteiger partial charge in [0.2, 0.25) is 0 Å². The Morgan fingerprint density at radius 2 is 2.04 bits per heavy atom. The van der Waals surface area contributed by atoms with Crippen LogP contribution in [0.5, 0.6) is 0 Å². The smallest absolute Gasteiger partial charge is 0.303 e. The van der Waals surface area contributed by atoms with Gasteiger partial charge in [-0.05, 0) is 25.7 Å². The van der Waals surface area contributed by atoms with Gasteiger partial charge in [0, 0.05) is 24.7 Å². The number of hydrogen-bond donors (Lipinski definition) is 3. The second-order valence-electron chi connectivity index (χ2n) is 6.87. The molecule has 0 aromatic rings. The Kier molecular flexibility index (Phi) is 10.3. The SMILES string of the molecule is CCCCC[C@@H](O)/C=C/[C@@H]1C(=O)C[C@@H](O)[C@@H]1C/C=C\CCCC(=O)O. The number of allylic oxidation sites excluding steroid dienone is 3. The van der Waals surface area contributed by atoms with E-state index in [1.807, 2.05) is 12.2 Å². The number of aliphatic hydroxyl groups excluding tert-OH is 2. The Morgan fingerprint density at radius 3 is 2.72 bits per heavy atom. The van der Waals surface area contributed by atoms with Crippen molar-refractivity contribution in [3.05, 3.63) is 24.3 Å². The summed E-state index contributed by atoms with van der Waals surface area (Å²) in [4.78, 5) is 22.5. The summed E-state index contributed by atoms with van der Waals surface area (Å²) in [5.41, 5.74) is 0. The highest BCUT2D eigenvalue weighted by Crippen LogP contribution is 2.33. The number of carbonyl (C=O) groups is 2. The van der Waals surface area contributed by atoms with Crippen LogP contribution in [0.2, 0.25) is 0 Å². The van der Waals surface area contributed by atoms with E-state index in [2.05, 4.69) is 6.92 Å². The zero-order valence-electron chi connectivity index (χ0n) is 15.1. The maximum absolute atomic E-state index is 12.1. The maximum Gasteiger partial charge on any atom is 0.303 e. The van der Waals surface area contributed by atoms with Crippen molar-refractivity contribution in [1.29, 1.82) is 0 Å². The van der Waals surface area contributed by atoms with Crippen LogP contribution in [-0.4, -0.2) is 39.3 Å². The minimum absolute atomic E-state index is 0.0220. The minimum Gasteiger partial charge on any atom is -0.481 e. The lowest BCUT2D eigenvalue weighted by molar-refractivity contribution is -0.137. The molecule has 25 heavy (non-hydrogen) atoms. The molecule has 1 aliphatic rings. The van der Waals surface area contributed by atoms with Crippen molar-refractivity contribution < 1.29 is 24.9 Å². The van der Waals surface area contributed by atoms with Gasteiger partial charge in [0.15, 0.2) is 0 Å². The fourth-order valence-electron chi connectivity index (χ4n) is 3.22.